The molecule has 110 valence electrons. The Kier molecular flexibility index (Phi) is 4.83. The van der Waals surface area contributed by atoms with Gasteiger partial charge in [-0.1, -0.05) is 6.92 Å². The van der Waals surface area contributed by atoms with Gasteiger partial charge in [0.2, 0.25) is 5.28 Å². The van der Waals surface area contributed by atoms with Crippen LogP contribution in [-0.2, 0) is 11.2 Å². The van der Waals surface area contributed by atoms with Gasteiger partial charge >= 0.3 is 0 Å². The van der Waals surface area contributed by atoms with Crippen LogP contribution >= 0.6 is 22.9 Å². The van der Waals surface area contributed by atoms with Gasteiger partial charge in [0, 0.05) is 18.0 Å². The Morgan fingerprint density at radius 1 is 1.35 bits per heavy atom. The summed E-state index contributed by atoms with van der Waals surface area (Å²) in [5.74, 6) is 0.781. The molecule has 4 nitrogen and oxygen atoms in total. The van der Waals surface area contributed by atoms with E-state index < -0.39 is 0 Å². The summed E-state index contributed by atoms with van der Waals surface area (Å²) in [6, 6.07) is 2.13. The van der Waals surface area contributed by atoms with E-state index in [0.717, 1.165) is 22.5 Å². The van der Waals surface area contributed by atoms with Gasteiger partial charge in [-0.2, -0.15) is 0 Å². The van der Waals surface area contributed by atoms with Crippen LogP contribution in [-0.4, -0.2) is 28.7 Å². The van der Waals surface area contributed by atoms with E-state index in [2.05, 4.69) is 42.1 Å². The molecular weight excluding hydrogens is 294 g/mol. The number of nitrogens with zero attached hydrogens (tertiary/aromatic N) is 2. The highest BCUT2D eigenvalue weighted by Crippen LogP contribution is 2.30. The molecular formula is C14H20ClN3OS. The summed E-state index contributed by atoms with van der Waals surface area (Å²) in [6.07, 6.45) is 0.989. The van der Waals surface area contributed by atoms with E-state index in [-0.39, 0.29) is 10.9 Å². The van der Waals surface area contributed by atoms with Gasteiger partial charge in [0.1, 0.15) is 10.6 Å². The molecule has 0 aromatic carbocycles. The number of fused-ring (bicyclic) bond motifs is 1. The average molecular weight is 314 g/mol. The summed E-state index contributed by atoms with van der Waals surface area (Å²) in [7, 11) is 0. The summed E-state index contributed by atoms with van der Waals surface area (Å²) in [5.41, 5.74) is -0.248. The molecule has 2 aromatic rings. The van der Waals surface area contributed by atoms with Crippen LogP contribution in [0.15, 0.2) is 6.07 Å². The predicted octanol–water partition coefficient (Wildman–Crippen LogP) is 4.13. The van der Waals surface area contributed by atoms with Crippen molar-refractivity contribution in [2.24, 2.45) is 0 Å². The summed E-state index contributed by atoms with van der Waals surface area (Å²) in [6.45, 7) is 9.58. The lowest BCUT2D eigenvalue weighted by atomic mass is 10.1. The van der Waals surface area contributed by atoms with Gasteiger partial charge in [-0.15, -0.1) is 11.3 Å². The van der Waals surface area contributed by atoms with Crippen molar-refractivity contribution in [2.75, 3.05) is 18.5 Å². The van der Waals surface area contributed by atoms with Crippen molar-refractivity contribution >= 4 is 39.0 Å². The van der Waals surface area contributed by atoms with E-state index in [1.165, 1.54) is 4.88 Å². The largest absolute Gasteiger partial charge is 0.374 e. The van der Waals surface area contributed by atoms with Crippen molar-refractivity contribution in [3.63, 3.8) is 0 Å². The van der Waals surface area contributed by atoms with Crippen LogP contribution in [0.5, 0.6) is 0 Å². The summed E-state index contributed by atoms with van der Waals surface area (Å²) in [4.78, 5) is 10.8. The molecule has 0 radical (unpaired) electrons. The molecule has 0 atom stereocenters. The van der Waals surface area contributed by atoms with E-state index in [1.807, 2.05) is 6.92 Å². The average Bonchev–Trinajstić information content (AvgIpc) is 2.78. The van der Waals surface area contributed by atoms with Gasteiger partial charge in [-0.25, -0.2) is 9.97 Å². The smallest absolute Gasteiger partial charge is 0.225 e. The maximum absolute atomic E-state index is 6.00. The quantitative estimate of drug-likeness (QED) is 0.814. The zero-order chi connectivity index (χ0) is 14.8. The van der Waals surface area contributed by atoms with Crippen molar-refractivity contribution in [3.05, 3.63) is 16.2 Å². The molecule has 0 spiro atoms. The standard InChI is InChI=1S/C14H20ClN3OS/c1-5-9-7-10-11(16-8-14(3,4)19-6-2)17-13(15)18-12(10)20-9/h7H,5-6,8H2,1-4H3,(H,16,17,18). The fourth-order valence-corrected chi connectivity index (χ4v) is 3.18. The molecule has 0 aliphatic rings. The second-order valence-corrected chi connectivity index (χ2v) is 6.63. The third-order valence-corrected chi connectivity index (χ3v) is 4.32. The first kappa shape index (κ1) is 15.5. The van der Waals surface area contributed by atoms with Gasteiger partial charge < -0.3 is 10.1 Å². The molecule has 1 N–H and O–H groups in total. The number of anilines is 1. The van der Waals surface area contributed by atoms with Crippen molar-refractivity contribution in [2.45, 2.75) is 39.7 Å². The lowest BCUT2D eigenvalue weighted by molar-refractivity contribution is 0.000663. The van der Waals surface area contributed by atoms with Gasteiger partial charge in [0.25, 0.3) is 0 Å². The summed E-state index contributed by atoms with van der Waals surface area (Å²) in [5, 5.41) is 4.64. The van der Waals surface area contributed by atoms with Crippen molar-refractivity contribution < 1.29 is 4.74 Å². The van der Waals surface area contributed by atoms with Crippen LogP contribution in [0.2, 0.25) is 5.28 Å². The molecule has 0 amide bonds. The van der Waals surface area contributed by atoms with Gasteiger partial charge in [-0.05, 0) is 44.9 Å². The number of hydrogen-bond acceptors (Lipinski definition) is 5. The zero-order valence-corrected chi connectivity index (χ0v) is 13.9. The number of halogens is 1. The Hall–Kier alpha value is -0.910. The number of aromatic nitrogens is 2. The van der Waals surface area contributed by atoms with E-state index in [1.54, 1.807) is 11.3 Å². The lowest BCUT2D eigenvalue weighted by Gasteiger charge is -2.25. The minimum atomic E-state index is -0.248. The first-order valence-electron chi connectivity index (χ1n) is 6.79. The fourth-order valence-electron chi connectivity index (χ4n) is 1.99. The molecule has 0 fully saturated rings. The fraction of sp³-hybridized carbons (Fsp3) is 0.571. The minimum Gasteiger partial charge on any atom is -0.374 e. The molecule has 0 aliphatic carbocycles. The zero-order valence-electron chi connectivity index (χ0n) is 12.3. The number of ether oxygens (including phenoxy) is 1. The van der Waals surface area contributed by atoms with Gasteiger partial charge in [0.05, 0.1) is 11.0 Å². The van der Waals surface area contributed by atoms with E-state index in [4.69, 9.17) is 16.3 Å². The van der Waals surface area contributed by atoms with Gasteiger partial charge in [0.15, 0.2) is 0 Å². The molecule has 2 rings (SSSR count). The monoisotopic (exact) mass is 313 g/mol. The summed E-state index contributed by atoms with van der Waals surface area (Å²) < 4.78 is 5.68. The molecule has 2 aromatic heterocycles. The number of rotatable bonds is 6. The second-order valence-electron chi connectivity index (χ2n) is 5.17. The highest BCUT2D eigenvalue weighted by atomic mass is 35.5. The maximum Gasteiger partial charge on any atom is 0.225 e. The third-order valence-electron chi connectivity index (χ3n) is 2.98. The van der Waals surface area contributed by atoms with E-state index in [0.29, 0.717) is 13.2 Å². The van der Waals surface area contributed by atoms with E-state index in [9.17, 15) is 0 Å². The number of nitrogens with one attached hydrogen (secondary N) is 1. The van der Waals surface area contributed by atoms with Crippen LogP contribution in [0.3, 0.4) is 0 Å². The minimum absolute atomic E-state index is 0.248. The van der Waals surface area contributed by atoms with Gasteiger partial charge in [-0.3, -0.25) is 0 Å². The maximum atomic E-state index is 6.00. The Bertz CT molecular complexity index is 597. The number of thiophene rings is 1. The second kappa shape index (κ2) is 6.24. The van der Waals surface area contributed by atoms with Crippen molar-refractivity contribution in [1.29, 1.82) is 0 Å². The Morgan fingerprint density at radius 3 is 2.75 bits per heavy atom. The number of hydrogen-bond donors (Lipinski definition) is 1. The third kappa shape index (κ3) is 3.59. The highest BCUT2D eigenvalue weighted by Gasteiger charge is 2.19. The molecule has 0 aliphatic heterocycles. The van der Waals surface area contributed by atoms with Crippen LogP contribution in [0, 0.1) is 0 Å². The molecule has 2 heterocycles. The van der Waals surface area contributed by atoms with Crippen LogP contribution < -0.4 is 5.32 Å². The lowest BCUT2D eigenvalue weighted by Crippen LogP contribution is -2.33. The molecule has 0 saturated carbocycles. The predicted molar refractivity (Wildman–Crippen MR) is 86.0 cm³/mol. The van der Waals surface area contributed by atoms with E-state index >= 15 is 0 Å². The SMILES string of the molecule is CCOC(C)(C)CNc1nc(Cl)nc2sc(CC)cc12. The first-order chi connectivity index (χ1) is 9.45. The van der Waals surface area contributed by atoms with Crippen molar-refractivity contribution in [3.8, 4) is 0 Å². The van der Waals surface area contributed by atoms with Crippen molar-refractivity contribution in [1.82, 2.24) is 9.97 Å². The molecule has 6 heteroatoms. The molecule has 0 saturated heterocycles. The Morgan fingerprint density at radius 2 is 2.10 bits per heavy atom. The van der Waals surface area contributed by atoms with Crippen LogP contribution in [0.25, 0.3) is 10.2 Å². The number of aryl methyl sites for hydroxylation is 1. The Labute approximate surface area is 128 Å². The molecule has 0 unspecified atom stereocenters. The summed E-state index contributed by atoms with van der Waals surface area (Å²) >= 11 is 7.66. The normalized spacial score (nSPS) is 12.1. The Balaban J connectivity index is 2.26. The molecule has 0 bridgehead atoms. The highest BCUT2D eigenvalue weighted by molar-refractivity contribution is 7.18. The molecule has 20 heavy (non-hydrogen) atoms. The first-order valence-corrected chi connectivity index (χ1v) is 7.98. The topological polar surface area (TPSA) is 47.0 Å². The van der Waals surface area contributed by atoms with Crippen LogP contribution in [0.4, 0.5) is 5.82 Å². The van der Waals surface area contributed by atoms with Crippen LogP contribution in [0.1, 0.15) is 32.6 Å².